The number of pyridine rings is 1. The molecule has 1 rings (SSSR count). The molecule has 0 aliphatic carbocycles. The summed E-state index contributed by atoms with van der Waals surface area (Å²) in [5.74, 6) is 0. The third kappa shape index (κ3) is 10.2. The van der Waals surface area contributed by atoms with Crippen LogP contribution in [-0.4, -0.2) is 56.6 Å². The highest BCUT2D eigenvalue weighted by Crippen LogP contribution is 2.80. The SMILES string of the molecule is CP(O)OP(=O)(OP(C)O)C(CCc1cc(Br)ccn1)P(=O)(OP(C)O)OP(C)O. The van der Waals surface area contributed by atoms with E-state index >= 15 is 0 Å². The molecule has 4 unspecified atom stereocenters. The molecule has 0 radical (unpaired) electrons. The van der Waals surface area contributed by atoms with E-state index < -0.39 is 54.1 Å². The second-order valence-corrected chi connectivity index (χ2v) is 16.8. The van der Waals surface area contributed by atoms with E-state index in [4.69, 9.17) is 17.2 Å². The molecule has 1 aromatic rings. The van der Waals surface area contributed by atoms with Crippen LogP contribution in [0.2, 0.25) is 0 Å². The minimum absolute atomic E-state index is 0.109. The van der Waals surface area contributed by atoms with E-state index in [1.54, 1.807) is 12.1 Å². The number of hydrogen-bond donors (Lipinski definition) is 4. The van der Waals surface area contributed by atoms with E-state index in [1.807, 2.05) is 0 Å². The van der Waals surface area contributed by atoms with E-state index in [-0.39, 0.29) is 12.8 Å². The topological polar surface area (TPSA) is 165 Å². The third-order valence-corrected chi connectivity index (χ3v) is 14.7. The van der Waals surface area contributed by atoms with E-state index in [2.05, 4.69) is 20.9 Å². The van der Waals surface area contributed by atoms with Crippen LogP contribution in [0.15, 0.2) is 22.8 Å². The maximum absolute atomic E-state index is 13.6. The van der Waals surface area contributed by atoms with Crippen LogP contribution in [0.3, 0.4) is 0 Å². The number of nitrogens with zero attached hydrogens (tertiary/aromatic N) is 1. The number of aryl methyl sites for hydroxylation is 1. The molecule has 0 amide bonds. The van der Waals surface area contributed by atoms with Crippen molar-refractivity contribution in [3.63, 3.8) is 0 Å². The highest BCUT2D eigenvalue weighted by atomic mass is 79.9. The largest absolute Gasteiger partial charge is 0.356 e. The van der Waals surface area contributed by atoms with Gasteiger partial charge in [-0.05, 0) is 25.0 Å². The normalized spacial score (nSPS) is 21.1. The van der Waals surface area contributed by atoms with Crippen molar-refractivity contribution in [2.24, 2.45) is 0 Å². The standard InChI is InChI=1S/C12H24BrNO10P6/c1-25(15)21-29(19,22-26(2)16)12(6-5-11-9-10(13)7-8-14-11)30(20,23-27(3)17)24-28(4)18/h7-9,12,15-18H,5-6H2,1-4H3. The molecule has 0 saturated carbocycles. The summed E-state index contributed by atoms with van der Waals surface area (Å²) >= 11 is 3.31. The molecular formula is C12H24BrNO10P6. The predicted octanol–water partition coefficient (Wildman–Crippen LogP) is 5.29. The van der Waals surface area contributed by atoms with Crippen LogP contribution in [0.4, 0.5) is 0 Å². The first-order chi connectivity index (χ1) is 13.8. The van der Waals surface area contributed by atoms with Gasteiger partial charge in [-0.2, -0.15) is 0 Å². The van der Waals surface area contributed by atoms with Gasteiger partial charge in [0, 0.05) is 43.0 Å². The minimum Gasteiger partial charge on any atom is -0.350 e. The number of halogens is 1. The molecule has 0 bridgehead atoms. The average Bonchev–Trinajstić information content (AvgIpc) is 2.51. The Morgan fingerprint density at radius 3 is 1.67 bits per heavy atom. The summed E-state index contributed by atoms with van der Waals surface area (Å²) < 4.78 is 48.4. The lowest BCUT2D eigenvalue weighted by Gasteiger charge is -2.33. The van der Waals surface area contributed by atoms with Gasteiger partial charge in [0.25, 0.3) is 0 Å². The summed E-state index contributed by atoms with van der Waals surface area (Å²) in [6, 6.07) is 3.39. The molecule has 0 fully saturated rings. The molecule has 11 nitrogen and oxygen atoms in total. The molecule has 30 heavy (non-hydrogen) atoms. The highest BCUT2D eigenvalue weighted by molar-refractivity contribution is 9.10. The first-order valence-electron chi connectivity index (χ1n) is 8.06. The van der Waals surface area contributed by atoms with Crippen molar-refractivity contribution in [1.82, 2.24) is 4.98 Å². The second kappa shape index (κ2) is 13.4. The molecule has 0 aliphatic rings. The summed E-state index contributed by atoms with van der Waals surface area (Å²) in [6.07, 6.45) is 1.44. The average molecular weight is 608 g/mol. The number of rotatable bonds is 13. The second-order valence-electron chi connectivity index (χ2n) is 5.75. The number of aromatic nitrogens is 1. The highest BCUT2D eigenvalue weighted by Gasteiger charge is 2.54. The Kier molecular flexibility index (Phi) is 13.2. The van der Waals surface area contributed by atoms with E-state index in [9.17, 15) is 28.7 Å². The molecule has 4 atom stereocenters. The quantitative estimate of drug-likeness (QED) is 0.215. The van der Waals surface area contributed by atoms with Crippen molar-refractivity contribution in [1.29, 1.82) is 0 Å². The lowest BCUT2D eigenvalue weighted by molar-refractivity contribution is 0.347. The first-order valence-corrected chi connectivity index (χ1v) is 18.7. The predicted molar refractivity (Wildman–Crippen MR) is 124 cm³/mol. The van der Waals surface area contributed by atoms with Crippen molar-refractivity contribution in [3.05, 3.63) is 28.5 Å². The van der Waals surface area contributed by atoms with Crippen molar-refractivity contribution in [2.75, 3.05) is 26.7 Å². The Bertz CT molecular complexity index is 703. The molecule has 1 heterocycles. The molecule has 0 aromatic carbocycles. The van der Waals surface area contributed by atoms with Gasteiger partial charge in [0.15, 0.2) is 38.9 Å². The summed E-state index contributed by atoms with van der Waals surface area (Å²) in [5, 5.41) is -1.66. The van der Waals surface area contributed by atoms with Gasteiger partial charge in [-0.15, -0.1) is 0 Å². The lowest BCUT2D eigenvalue weighted by atomic mass is 10.2. The Balaban J connectivity index is 3.45. The van der Waals surface area contributed by atoms with Crippen molar-refractivity contribution in [3.8, 4) is 0 Å². The van der Waals surface area contributed by atoms with Gasteiger partial charge in [0.1, 0.15) is 0 Å². The van der Waals surface area contributed by atoms with Crippen molar-refractivity contribution in [2.45, 2.75) is 18.2 Å². The maximum atomic E-state index is 13.6. The summed E-state index contributed by atoms with van der Waals surface area (Å²) in [4.78, 5) is 43.1. The smallest absolute Gasteiger partial charge is 0.350 e. The summed E-state index contributed by atoms with van der Waals surface area (Å²) in [7, 11) is -18.1. The van der Waals surface area contributed by atoms with Gasteiger partial charge >= 0.3 is 15.2 Å². The molecule has 0 spiro atoms. The molecular weight excluding hydrogens is 584 g/mol. The summed E-state index contributed by atoms with van der Waals surface area (Å²) in [6.45, 7) is 4.88. The van der Waals surface area contributed by atoms with Crippen LogP contribution in [0, 0.1) is 0 Å². The van der Waals surface area contributed by atoms with Gasteiger partial charge in [0.05, 0.1) is 0 Å². The fourth-order valence-electron chi connectivity index (χ4n) is 2.26. The Morgan fingerprint density at radius 1 is 0.933 bits per heavy atom. The molecule has 1 aromatic heterocycles. The maximum Gasteiger partial charge on any atom is 0.356 e. The van der Waals surface area contributed by atoms with Crippen LogP contribution < -0.4 is 0 Å². The zero-order valence-electron chi connectivity index (χ0n) is 16.5. The van der Waals surface area contributed by atoms with Gasteiger partial charge in [-0.25, -0.2) is 0 Å². The van der Waals surface area contributed by atoms with Crippen LogP contribution in [0.1, 0.15) is 12.1 Å². The molecule has 0 aliphatic heterocycles. The van der Waals surface area contributed by atoms with Gasteiger partial charge < -0.3 is 19.6 Å². The Labute approximate surface area is 188 Å². The van der Waals surface area contributed by atoms with Crippen LogP contribution in [0.25, 0.3) is 0 Å². The Hall–Kier alpha value is 1.49. The van der Waals surface area contributed by atoms with Crippen LogP contribution in [-0.2, 0) is 32.8 Å². The van der Waals surface area contributed by atoms with Gasteiger partial charge in [-0.3, -0.25) is 31.4 Å². The minimum atomic E-state index is -4.52. The Morgan fingerprint density at radius 2 is 1.33 bits per heavy atom. The van der Waals surface area contributed by atoms with E-state index in [0.717, 1.165) is 4.47 Å². The van der Waals surface area contributed by atoms with Crippen LogP contribution >= 0.6 is 64.6 Å². The van der Waals surface area contributed by atoms with Crippen molar-refractivity contribution < 1.29 is 45.9 Å². The van der Waals surface area contributed by atoms with Crippen LogP contribution in [0.5, 0.6) is 0 Å². The van der Waals surface area contributed by atoms with E-state index in [0.29, 0.717) is 5.69 Å². The molecule has 174 valence electrons. The van der Waals surface area contributed by atoms with Crippen molar-refractivity contribution >= 4 is 64.6 Å². The fraction of sp³-hybridized carbons (Fsp3) is 0.583. The van der Waals surface area contributed by atoms with Gasteiger partial charge in [-0.1, -0.05) is 15.9 Å². The summed E-state index contributed by atoms with van der Waals surface area (Å²) in [5.41, 5.74) is 0.531. The van der Waals surface area contributed by atoms with E-state index in [1.165, 1.54) is 32.9 Å². The molecule has 0 saturated heterocycles. The zero-order valence-corrected chi connectivity index (χ0v) is 23.4. The fourth-order valence-corrected chi connectivity index (χ4v) is 14.2. The molecule has 4 N–H and O–H groups in total. The monoisotopic (exact) mass is 607 g/mol. The molecule has 18 heteroatoms. The lowest BCUT2D eigenvalue weighted by Crippen LogP contribution is -2.15. The van der Waals surface area contributed by atoms with Gasteiger partial charge in [0.2, 0.25) is 0 Å². The first kappa shape index (κ1) is 29.5. The zero-order chi connectivity index (χ0) is 23.1. The third-order valence-electron chi connectivity index (χ3n) is 3.10. The number of hydrogen-bond acceptors (Lipinski definition) is 11.